The molecule has 0 spiro atoms. The number of halogens is 2. The van der Waals surface area contributed by atoms with Crippen LogP contribution in [0.15, 0.2) is 53.6 Å². The van der Waals surface area contributed by atoms with E-state index in [0.29, 0.717) is 23.9 Å². The molecule has 7 heteroatoms. The number of thioether (sulfide) groups is 1. The first-order chi connectivity index (χ1) is 19.5. The van der Waals surface area contributed by atoms with Crippen molar-refractivity contribution in [2.45, 2.75) is 111 Å². The molecule has 41 heavy (non-hydrogen) atoms. The molecule has 0 unspecified atom stereocenters. The van der Waals surface area contributed by atoms with Gasteiger partial charge in [0.25, 0.3) is 0 Å². The topological polar surface area (TPSA) is 32.8 Å². The van der Waals surface area contributed by atoms with Gasteiger partial charge in [-0.05, 0) is 53.6 Å². The molecule has 2 aromatic carbocycles. The minimum atomic E-state index is 0. The van der Waals surface area contributed by atoms with Gasteiger partial charge in [0.05, 0.1) is 24.1 Å². The third-order valence-corrected chi connectivity index (χ3v) is 8.74. The van der Waals surface area contributed by atoms with Gasteiger partial charge in [0.2, 0.25) is 5.91 Å². The van der Waals surface area contributed by atoms with Gasteiger partial charge < -0.3 is 14.5 Å². The highest BCUT2D eigenvalue weighted by Crippen LogP contribution is 2.29. The summed E-state index contributed by atoms with van der Waals surface area (Å²) in [5, 5.41) is 0.617. The Kier molecular flexibility index (Phi) is 17.6. The minimum absolute atomic E-state index is 0. The lowest BCUT2D eigenvalue weighted by Gasteiger charge is -2.23. The Labute approximate surface area is 269 Å². The van der Waals surface area contributed by atoms with E-state index in [1.807, 2.05) is 47.0 Å². The van der Waals surface area contributed by atoms with Gasteiger partial charge in [-0.3, -0.25) is 4.79 Å². The summed E-state index contributed by atoms with van der Waals surface area (Å²) in [6.07, 6.45) is 18.1. The van der Waals surface area contributed by atoms with Crippen LogP contribution in [-0.4, -0.2) is 23.3 Å². The quantitative estimate of drug-likeness (QED) is 0.140. The molecular weight excluding hydrogens is 616 g/mol. The van der Waals surface area contributed by atoms with E-state index >= 15 is 0 Å². The van der Waals surface area contributed by atoms with E-state index in [1.54, 1.807) is 6.92 Å². The molecule has 0 saturated carbocycles. The first-order valence-corrected chi connectivity index (χ1v) is 16.7. The smallest absolute Gasteiger partial charge is 0.224 e. The van der Waals surface area contributed by atoms with Gasteiger partial charge in [-0.1, -0.05) is 107 Å². The molecule has 2 aromatic rings. The summed E-state index contributed by atoms with van der Waals surface area (Å²) < 4.78 is 6.07. The van der Waals surface area contributed by atoms with Crippen molar-refractivity contribution in [3.8, 4) is 5.75 Å². The van der Waals surface area contributed by atoms with Crippen LogP contribution in [0.4, 0.5) is 5.69 Å². The van der Waals surface area contributed by atoms with Gasteiger partial charge in [-0.15, -0.1) is 28.7 Å². The van der Waals surface area contributed by atoms with Gasteiger partial charge in [0.15, 0.2) is 0 Å². The average molecular weight is 666 g/mol. The van der Waals surface area contributed by atoms with Crippen molar-refractivity contribution in [1.82, 2.24) is 4.90 Å². The number of hydrogen-bond donors (Lipinski definition) is 0. The fourth-order valence-corrected chi connectivity index (χ4v) is 6.04. The summed E-state index contributed by atoms with van der Waals surface area (Å²) in [5.74, 6) is 1.69. The number of rotatable bonds is 19. The van der Waals surface area contributed by atoms with Gasteiger partial charge in [-0.25, -0.2) is 0 Å². The van der Waals surface area contributed by atoms with E-state index in [4.69, 9.17) is 16.3 Å². The standard InChI is InChI=1S/C34H49ClN2O2S.BrH/c1-4-5-6-7-8-9-10-11-12-13-14-15-21-39-34-23-31(19-20-33(34)35)26-37(29(3)38)32-18-16-17-30(22-32)25-36-24-28(2)40-27-36;/h16-20,22-24H,4-15,21,25-27H2,1-3H3;1H. The maximum absolute atomic E-state index is 12.7. The molecule has 0 radical (unpaired) electrons. The van der Waals surface area contributed by atoms with Crippen LogP contribution in [0.5, 0.6) is 5.75 Å². The predicted octanol–water partition coefficient (Wildman–Crippen LogP) is 10.9. The Hall–Kier alpha value is -1.63. The predicted molar refractivity (Wildman–Crippen MR) is 183 cm³/mol. The van der Waals surface area contributed by atoms with Crippen LogP contribution in [0.3, 0.4) is 0 Å². The molecule has 3 rings (SSSR count). The highest BCUT2D eigenvalue weighted by Gasteiger charge is 2.16. The Morgan fingerprint density at radius 1 is 0.927 bits per heavy atom. The zero-order chi connectivity index (χ0) is 28.6. The summed E-state index contributed by atoms with van der Waals surface area (Å²) in [6, 6.07) is 14.1. The zero-order valence-corrected chi connectivity index (χ0v) is 28.6. The molecule has 4 nitrogen and oxygen atoms in total. The minimum Gasteiger partial charge on any atom is -0.492 e. The molecule has 0 N–H and O–H groups in total. The van der Waals surface area contributed by atoms with E-state index in [0.717, 1.165) is 30.1 Å². The van der Waals surface area contributed by atoms with Gasteiger partial charge in [0, 0.05) is 25.4 Å². The molecule has 1 amide bonds. The van der Waals surface area contributed by atoms with E-state index in [2.05, 4.69) is 37.1 Å². The molecule has 0 saturated heterocycles. The van der Waals surface area contributed by atoms with Gasteiger partial charge in [-0.2, -0.15) is 0 Å². The van der Waals surface area contributed by atoms with Crippen LogP contribution in [0.1, 0.15) is 109 Å². The SMILES string of the molecule is Br.CCCCCCCCCCCCCCOc1cc(CN(C(C)=O)c2cccc(CN3C=C(C)SC3)c2)ccc1Cl. The Balaban J connectivity index is 0.00000588. The third-order valence-electron chi connectivity index (χ3n) is 7.40. The summed E-state index contributed by atoms with van der Waals surface area (Å²) in [7, 11) is 0. The molecule has 0 aliphatic carbocycles. The number of nitrogens with zero attached hydrogens (tertiary/aromatic N) is 2. The summed E-state index contributed by atoms with van der Waals surface area (Å²) in [4.78, 5) is 18.1. The van der Waals surface area contributed by atoms with E-state index in [1.165, 1.54) is 81.1 Å². The Morgan fingerprint density at radius 3 is 2.20 bits per heavy atom. The molecular formula is C34H50BrClN2O2S. The molecule has 0 aromatic heterocycles. The monoisotopic (exact) mass is 664 g/mol. The molecule has 0 bridgehead atoms. The maximum atomic E-state index is 12.7. The first-order valence-electron chi connectivity index (χ1n) is 15.3. The van der Waals surface area contributed by atoms with Crippen LogP contribution in [-0.2, 0) is 17.9 Å². The van der Waals surface area contributed by atoms with Crippen LogP contribution in [0.2, 0.25) is 5.02 Å². The molecule has 228 valence electrons. The van der Waals surface area contributed by atoms with Crippen molar-refractivity contribution in [2.24, 2.45) is 0 Å². The fraction of sp³-hybridized carbons (Fsp3) is 0.559. The summed E-state index contributed by atoms with van der Waals surface area (Å²) in [6.45, 7) is 8.02. The number of carbonyl (C=O) groups is 1. The lowest BCUT2D eigenvalue weighted by Crippen LogP contribution is -2.28. The summed E-state index contributed by atoms with van der Waals surface area (Å²) in [5.41, 5.74) is 3.11. The lowest BCUT2D eigenvalue weighted by molar-refractivity contribution is -0.116. The number of ether oxygens (including phenoxy) is 1. The second-order valence-electron chi connectivity index (χ2n) is 11.0. The molecule has 1 aliphatic heterocycles. The van der Waals surface area contributed by atoms with Crippen LogP contribution in [0.25, 0.3) is 0 Å². The number of anilines is 1. The number of unbranched alkanes of at least 4 members (excludes halogenated alkanes) is 11. The number of amides is 1. The normalized spacial score (nSPS) is 12.7. The van der Waals surface area contributed by atoms with Crippen LogP contribution >= 0.6 is 40.3 Å². The lowest BCUT2D eigenvalue weighted by atomic mass is 10.1. The molecule has 0 fully saturated rings. The largest absolute Gasteiger partial charge is 0.492 e. The van der Waals surface area contributed by atoms with Crippen LogP contribution in [0, 0.1) is 0 Å². The number of carbonyl (C=O) groups excluding carboxylic acids is 1. The van der Waals surface area contributed by atoms with E-state index in [9.17, 15) is 4.79 Å². The number of benzene rings is 2. The highest BCUT2D eigenvalue weighted by atomic mass is 79.9. The van der Waals surface area contributed by atoms with E-state index in [-0.39, 0.29) is 22.9 Å². The second-order valence-corrected chi connectivity index (χ2v) is 12.6. The number of allylic oxidation sites excluding steroid dienone is 1. The van der Waals surface area contributed by atoms with Crippen LogP contribution < -0.4 is 9.64 Å². The number of hydrogen-bond acceptors (Lipinski definition) is 4. The third kappa shape index (κ3) is 13.5. The first kappa shape index (κ1) is 35.6. The molecule has 0 atom stereocenters. The second kappa shape index (κ2) is 20.3. The van der Waals surface area contributed by atoms with Crippen molar-refractivity contribution >= 4 is 51.9 Å². The average Bonchev–Trinajstić information content (AvgIpc) is 3.35. The molecule has 1 heterocycles. The van der Waals surface area contributed by atoms with Crippen molar-refractivity contribution in [3.05, 3.63) is 69.7 Å². The maximum Gasteiger partial charge on any atom is 0.224 e. The fourth-order valence-electron chi connectivity index (χ4n) is 5.11. The van der Waals surface area contributed by atoms with Crippen molar-refractivity contribution in [1.29, 1.82) is 0 Å². The van der Waals surface area contributed by atoms with Crippen molar-refractivity contribution < 1.29 is 9.53 Å². The van der Waals surface area contributed by atoms with Crippen molar-refractivity contribution in [3.63, 3.8) is 0 Å². The Bertz CT molecular complexity index is 1080. The molecule has 1 aliphatic rings. The van der Waals surface area contributed by atoms with Gasteiger partial charge in [0.1, 0.15) is 5.75 Å². The van der Waals surface area contributed by atoms with Gasteiger partial charge >= 0.3 is 0 Å². The zero-order valence-electron chi connectivity index (χ0n) is 25.3. The highest BCUT2D eigenvalue weighted by molar-refractivity contribution is 8.93. The van der Waals surface area contributed by atoms with E-state index < -0.39 is 0 Å². The Morgan fingerprint density at radius 2 is 1.59 bits per heavy atom. The summed E-state index contributed by atoms with van der Waals surface area (Å²) >= 11 is 8.32. The van der Waals surface area contributed by atoms with Crippen molar-refractivity contribution in [2.75, 3.05) is 17.4 Å².